The van der Waals surface area contributed by atoms with Crippen LogP contribution in [0.2, 0.25) is 0 Å². The van der Waals surface area contributed by atoms with Gasteiger partial charge in [0.2, 0.25) is 5.91 Å². The highest BCUT2D eigenvalue weighted by Crippen LogP contribution is 2.36. The number of amides is 1. The summed E-state index contributed by atoms with van der Waals surface area (Å²) in [5, 5.41) is 3.59. The molecule has 0 saturated carbocycles. The SMILES string of the molecule is CCC(CC)CN1C(=O)C(C)(CC)NC1c1ccc(C)s1. The maximum atomic E-state index is 12.9. The van der Waals surface area contributed by atoms with E-state index in [4.69, 9.17) is 0 Å². The van der Waals surface area contributed by atoms with Gasteiger partial charge in [0.25, 0.3) is 0 Å². The quantitative estimate of drug-likeness (QED) is 0.858. The lowest BCUT2D eigenvalue weighted by molar-refractivity contribution is -0.133. The molecular formula is C17H28N2OS. The van der Waals surface area contributed by atoms with E-state index in [-0.39, 0.29) is 12.1 Å². The molecule has 21 heavy (non-hydrogen) atoms. The van der Waals surface area contributed by atoms with E-state index in [1.54, 1.807) is 11.3 Å². The Bertz CT molecular complexity index is 495. The molecule has 1 amide bonds. The molecule has 2 rings (SSSR count). The van der Waals surface area contributed by atoms with Crippen molar-refractivity contribution in [1.29, 1.82) is 0 Å². The standard InChI is InChI=1S/C17H28N2OS/c1-6-13(7-2)11-19-15(14-10-9-12(4)21-14)18-17(5,8-3)16(19)20/h9-10,13,15,18H,6-8,11H2,1-5H3. The molecule has 1 aromatic heterocycles. The lowest BCUT2D eigenvalue weighted by atomic mass is 9.98. The maximum absolute atomic E-state index is 12.9. The number of carbonyl (C=O) groups excluding carboxylic acids is 1. The van der Waals surface area contributed by atoms with E-state index in [1.807, 2.05) is 6.92 Å². The summed E-state index contributed by atoms with van der Waals surface area (Å²) in [6.07, 6.45) is 3.12. The van der Waals surface area contributed by atoms with E-state index >= 15 is 0 Å². The van der Waals surface area contributed by atoms with Crippen molar-refractivity contribution in [3.05, 3.63) is 21.9 Å². The van der Waals surface area contributed by atoms with Crippen molar-refractivity contribution in [2.24, 2.45) is 5.92 Å². The Hall–Kier alpha value is -0.870. The highest BCUT2D eigenvalue weighted by Gasteiger charge is 2.47. The predicted molar refractivity (Wildman–Crippen MR) is 89.4 cm³/mol. The van der Waals surface area contributed by atoms with Crippen molar-refractivity contribution in [3.8, 4) is 0 Å². The first kappa shape index (κ1) is 16.5. The van der Waals surface area contributed by atoms with E-state index < -0.39 is 5.54 Å². The number of rotatable bonds is 6. The molecular weight excluding hydrogens is 280 g/mol. The molecule has 118 valence electrons. The van der Waals surface area contributed by atoms with Crippen molar-refractivity contribution < 1.29 is 4.79 Å². The minimum absolute atomic E-state index is 0.0433. The highest BCUT2D eigenvalue weighted by molar-refractivity contribution is 7.12. The molecule has 2 heterocycles. The second-order valence-electron chi connectivity index (χ2n) is 6.32. The molecule has 0 bridgehead atoms. The molecule has 1 aliphatic rings. The van der Waals surface area contributed by atoms with Gasteiger partial charge in [-0.25, -0.2) is 0 Å². The molecule has 1 aliphatic heterocycles. The fourth-order valence-electron chi connectivity index (χ4n) is 2.97. The third kappa shape index (κ3) is 3.16. The van der Waals surface area contributed by atoms with Gasteiger partial charge in [-0.05, 0) is 38.3 Å². The summed E-state index contributed by atoms with van der Waals surface area (Å²) < 4.78 is 0. The van der Waals surface area contributed by atoms with Crippen LogP contribution in [0.25, 0.3) is 0 Å². The van der Waals surface area contributed by atoms with Crippen LogP contribution in [0.4, 0.5) is 0 Å². The van der Waals surface area contributed by atoms with Gasteiger partial charge in [-0.1, -0.05) is 33.6 Å². The summed E-state index contributed by atoms with van der Waals surface area (Å²) in [6.45, 7) is 11.5. The zero-order valence-corrected chi connectivity index (χ0v) is 14.7. The van der Waals surface area contributed by atoms with Gasteiger partial charge in [-0.15, -0.1) is 11.3 Å². The van der Waals surface area contributed by atoms with E-state index in [0.29, 0.717) is 5.92 Å². The van der Waals surface area contributed by atoms with Gasteiger partial charge in [0.05, 0.1) is 5.54 Å². The molecule has 2 atom stereocenters. The average molecular weight is 308 g/mol. The Morgan fingerprint density at radius 3 is 2.48 bits per heavy atom. The Labute approximate surface area is 132 Å². The normalized spacial score (nSPS) is 26.1. The van der Waals surface area contributed by atoms with Crippen LogP contribution in [0, 0.1) is 12.8 Å². The van der Waals surface area contributed by atoms with Gasteiger partial charge in [0.1, 0.15) is 6.17 Å². The maximum Gasteiger partial charge on any atom is 0.244 e. The number of hydrogen-bond donors (Lipinski definition) is 1. The van der Waals surface area contributed by atoms with Crippen LogP contribution >= 0.6 is 11.3 Å². The van der Waals surface area contributed by atoms with Crippen molar-refractivity contribution in [3.63, 3.8) is 0 Å². The fourth-order valence-corrected chi connectivity index (χ4v) is 3.91. The molecule has 4 heteroatoms. The Kier molecular flexibility index (Phi) is 5.10. The van der Waals surface area contributed by atoms with Gasteiger partial charge in [-0.3, -0.25) is 10.1 Å². The number of nitrogens with zero attached hydrogens (tertiary/aromatic N) is 1. The Morgan fingerprint density at radius 1 is 1.33 bits per heavy atom. The topological polar surface area (TPSA) is 32.3 Å². The molecule has 0 aliphatic carbocycles. The monoisotopic (exact) mass is 308 g/mol. The van der Waals surface area contributed by atoms with Gasteiger partial charge in [-0.2, -0.15) is 0 Å². The number of thiophene rings is 1. The first-order chi connectivity index (χ1) is 9.95. The summed E-state index contributed by atoms with van der Waals surface area (Å²) in [4.78, 5) is 17.5. The van der Waals surface area contributed by atoms with Gasteiger partial charge >= 0.3 is 0 Å². The summed E-state index contributed by atoms with van der Waals surface area (Å²) in [5.74, 6) is 0.839. The van der Waals surface area contributed by atoms with E-state index in [0.717, 1.165) is 25.8 Å². The predicted octanol–water partition coefficient (Wildman–Crippen LogP) is 4.09. The van der Waals surface area contributed by atoms with Crippen molar-refractivity contribution in [2.75, 3.05) is 6.54 Å². The Morgan fingerprint density at radius 2 is 2.00 bits per heavy atom. The number of carbonyl (C=O) groups is 1. The van der Waals surface area contributed by atoms with Crippen LogP contribution in [-0.4, -0.2) is 22.9 Å². The molecule has 0 aromatic carbocycles. The average Bonchev–Trinajstić information content (AvgIpc) is 3.01. The third-order valence-electron chi connectivity index (χ3n) is 4.85. The van der Waals surface area contributed by atoms with E-state index in [2.05, 4.69) is 50.0 Å². The summed E-state index contributed by atoms with van der Waals surface area (Å²) in [6, 6.07) is 4.30. The molecule has 1 saturated heterocycles. The third-order valence-corrected chi connectivity index (χ3v) is 5.90. The summed E-state index contributed by atoms with van der Waals surface area (Å²) >= 11 is 1.79. The van der Waals surface area contributed by atoms with E-state index in [1.165, 1.54) is 9.75 Å². The van der Waals surface area contributed by atoms with Crippen molar-refractivity contribution in [1.82, 2.24) is 10.2 Å². The lowest BCUT2D eigenvalue weighted by Crippen LogP contribution is -2.43. The van der Waals surface area contributed by atoms with Gasteiger partial charge in [0.15, 0.2) is 0 Å². The molecule has 0 spiro atoms. The smallest absolute Gasteiger partial charge is 0.244 e. The second kappa shape index (κ2) is 6.49. The first-order valence-electron chi connectivity index (χ1n) is 8.10. The molecule has 3 nitrogen and oxygen atoms in total. The minimum Gasteiger partial charge on any atom is -0.320 e. The molecule has 1 N–H and O–H groups in total. The van der Waals surface area contributed by atoms with Gasteiger partial charge in [0, 0.05) is 16.3 Å². The largest absolute Gasteiger partial charge is 0.320 e. The molecule has 1 fully saturated rings. The number of nitrogens with one attached hydrogen (secondary N) is 1. The van der Waals surface area contributed by atoms with Crippen LogP contribution in [-0.2, 0) is 4.79 Å². The van der Waals surface area contributed by atoms with Crippen LogP contribution in [0.1, 0.15) is 62.9 Å². The highest BCUT2D eigenvalue weighted by atomic mass is 32.1. The van der Waals surface area contributed by atoms with Crippen molar-refractivity contribution >= 4 is 17.2 Å². The number of aryl methyl sites for hydroxylation is 1. The zero-order valence-electron chi connectivity index (χ0n) is 13.9. The van der Waals surface area contributed by atoms with E-state index in [9.17, 15) is 4.79 Å². The van der Waals surface area contributed by atoms with Crippen LogP contribution in [0.3, 0.4) is 0 Å². The number of hydrogen-bond acceptors (Lipinski definition) is 3. The Balaban J connectivity index is 2.29. The molecule has 2 unspecified atom stereocenters. The molecule has 0 radical (unpaired) electrons. The van der Waals surface area contributed by atoms with Crippen molar-refractivity contribution in [2.45, 2.75) is 65.6 Å². The minimum atomic E-state index is -0.422. The van der Waals surface area contributed by atoms with Crippen LogP contribution in [0.15, 0.2) is 12.1 Å². The lowest BCUT2D eigenvalue weighted by Gasteiger charge is -2.27. The zero-order chi connectivity index (χ0) is 15.6. The first-order valence-corrected chi connectivity index (χ1v) is 8.91. The summed E-state index contributed by atoms with van der Waals surface area (Å²) in [7, 11) is 0. The fraction of sp³-hybridized carbons (Fsp3) is 0.706. The van der Waals surface area contributed by atoms with Crippen LogP contribution in [0.5, 0.6) is 0 Å². The second-order valence-corrected chi connectivity index (χ2v) is 7.64. The summed E-state index contributed by atoms with van der Waals surface area (Å²) in [5.41, 5.74) is -0.422. The van der Waals surface area contributed by atoms with Crippen LogP contribution < -0.4 is 5.32 Å². The molecule has 1 aromatic rings. The van der Waals surface area contributed by atoms with Gasteiger partial charge < -0.3 is 4.90 Å².